The zero-order chi connectivity index (χ0) is 22.8. The summed E-state index contributed by atoms with van der Waals surface area (Å²) in [5.41, 5.74) is 18.9. The van der Waals surface area contributed by atoms with Crippen molar-refractivity contribution in [2.45, 2.75) is 25.7 Å². The van der Waals surface area contributed by atoms with Gasteiger partial charge in [-0.15, -0.1) is 0 Å². The van der Waals surface area contributed by atoms with Crippen LogP contribution in [-0.4, -0.2) is 33.7 Å². The molecule has 0 aliphatic heterocycles. The van der Waals surface area contributed by atoms with E-state index in [0.29, 0.717) is 41.4 Å². The summed E-state index contributed by atoms with van der Waals surface area (Å²) in [6.45, 7) is 1.84. The minimum Gasteiger partial charge on any atom is -0.481 e. The normalized spacial score (nSPS) is 16.5. The fraction of sp³-hybridized carbons (Fsp3) is 0.227. The highest BCUT2D eigenvalue weighted by atomic mass is 19.1. The number of nitrogen functional groups attached to an aromatic ring is 1. The van der Waals surface area contributed by atoms with Gasteiger partial charge in [0.15, 0.2) is 0 Å². The molecule has 0 saturated carbocycles. The van der Waals surface area contributed by atoms with Gasteiger partial charge in [0.1, 0.15) is 5.82 Å². The zero-order valence-corrected chi connectivity index (χ0v) is 17.7. The van der Waals surface area contributed by atoms with E-state index in [0.717, 1.165) is 16.8 Å². The van der Waals surface area contributed by atoms with Gasteiger partial charge >= 0.3 is 0 Å². The first-order valence-electron chi connectivity index (χ1n) is 9.96. The molecule has 1 aliphatic rings. The van der Waals surface area contributed by atoms with Gasteiger partial charge in [-0.2, -0.15) is 5.10 Å². The van der Waals surface area contributed by atoms with Crippen LogP contribution < -0.4 is 21.6 Å². The largest absolute Gasteiger partial charge is 0.481 e. The van der Waals surface area contributed by atoms with E-state index >= 15 is 0 Å². The van der Waals surface area contributed by atoms with Crippen molar-refractivity contribution in [3.05, 3.63) is 64.7 Å². The molecule has 2 heterocycles. The van der Waals surface area contributed by atoms with Gasteiger partial charge in [0.05, 0.1) is 29.9 Å². The summed E-state index contributed by atoms with van der Waals surface area (Å²) in [5, 5.41) is 11.8. The van der Waals surface area contributed by atoms with Gasteiger partial charge in [-0.25, -0.2) is 24.8 Å². The fourth-order valence-electron chi connectivity index (χ4n) is 4.05. The van der Waals surface area contributed by atoms with Crippen LogP contribution in [0.3, 0.4) is 0 Å². The molecule has 4 rings (SSSR count). The topological polar surface area (TPSA) is 148 Å². The van der Waals surface area contributed by atoms with Crippen LogP contribution in [0.1, 0.15) is 34.9 Å². The molecule has 32 heavy (non-hydrogen) atoms. The second-order valence-corrected chi connectivity index (χ2v) is 7.47. The summed E-state index contributed by atoms with van der Waals surface area (Å²) in [6.07, 6.45) is 1.06. The Morgan fingerprint density at radius 1 is 1.22 bits per heavy atom. The third kappa shape index (κ3) is 4.20. The average molecular weight is 434 g/mol. The van der Waals surface area contributed by atoms with Gasteiger partial charge in [0.2, 0.25) is 17.8 Å². The van der Waals surface area contributed by atoms with Crippen molar-refractivity contribution in [2.75, 3.05) is 12.8 Å². The molecule has 0 amide bonds. The van der Waals surface area contributed by atoms with Crippen LogP contribution in [0.2, 0.25) is 0 Å². The summed E-state index contributed by atoms with van der Waals surface area (Å²) in [6, 6.07) is 10.0. The number of anilines is 1. The maximum absolute atomic E-state index is 14.2. The molecule has 3 aromatic rings. The highest BCUT2D eigenvalue weighted by Gasteiger charge is 2.30. The number of aromatic nitrogens is 3. The van der Waals surface area contributed by atoms with E-state index < -0.39 is 0 Å². The molecule has 10 heteroatoms. The van der Waals surface area contributed by atoms with Crippen molar-refractivity contribution in [1.29, 1.82) is 5.41 Å². The first-order chi connectivity index (χ1) is 15.4. The van der Waals surface area contributed by atoms with Crippen molar-refractivity contribution in [2.24, 2.45) is 10.8 Å². The lowest BCUT2D eigenvalue weighted by molar-refractivity contribution is 0.398. The number of nitrogens with two attached hydrogens (primary N) is 2. The molecular formula is C22H23FN8O. The molecule has 0 bridgehead atoms. The number of aryl methyl sites for hydroxylation is 1. The molecule has 1 aromatic carbocycles. The third-order valence-corrected chi connectivity index (χ3v) is 5.33. The van der Waals surface area contributed by atoms with Crippen LogP contribution >= 0.6 is 0 Å². The van der Waals surface area contributed by atoms with Gasteiger partial charge in [-0.1, -0.05) is 12.1 Å². The Hall–Kier alpha value is -4.08. The molecule has 0 spiro atoms. The molecule has 9 nitrogen and oxygen atoms in total. The summed E-state index contributed by atoms with van der Waals surface area (Å²) in [7, 11) is 1.54. The summed E-state index contributed by atoms with van der Waals surface area (Å²) in [5.74, 6) is -0.116. The Morgan fingerprint density at radius 2 is 2.03 bits per heavy atom. The third-order valence-electron chi connectivity index (χ3n) is 5.33. The van der Waals surface area contributed by atoms with Crippen molar-refractivity contribution in [3.63, 3.8) is 0 Å². The number of nitrogens with one attached hydrogen (secondary N) is 2. The van der Waals surface area contributed by atoms with E-state index in [4.69, 9.17) is 21.6 Å². The molecule has 0 saturated heterocycles. The molecule has 1 atom stereocenters. The highest BCUT2D eigenvalue weighted by Crippen LogP contribution is 2.38. The zero-order valence-electron chi connectivity index (χ0n) is 17.7. The number of rotatable bonds is 4. The van der Waals surface area contributed by atoms with Gasteiger partial charge in [-0.05, 0) is 49.4 Å². The summed E-state index contributed by atoms with van der Waals surface area (Å²) < 4.78 is 19.5. The summed E-state index contributed by atoms with van der Waals surface area (Å²) in [4.78, 5) is 13.2. The minimum absolute atomic E-state index is 0.0905. The number of pyridine rings is 1. The van der Waals surface area contributed by atoms with Gasteiger partial charge in [-0.3, -0.25) is 5.41 Å². The predicted octanol–water partition coefficient (Wildman–Crippen LogP) is 2.49. The lowest BCUT2D eigenvalue weighted by Crippen LogP contribution is -2.30. The second kappa shape index (κ2) is 8.58. The molecule has 6 N–H and O–H groups in total. The van der Waals surface area contributed by atoms with E-state index in [1.165, 1.54) is 19.2 Å². The number of fused-ring (bicyclic) bond motifs is 1. The van der Waals surface area contributed by atoms with Crippen LogP contribution in [0, 0.1) is 18.2 Å². The van der Waals surface area contributed by atoms with Crippen molar-refractivity contribution >= 4 is 17.6 Å². The van der Waals surface area contributed by atoms with Crippen molar-refractivity contribution in [1.82, 2.24) is 20.4 Å². The number of halogens is 1. The van der Waals surface area contributed by atoms with Crippen molar-refractivity contribution in [3.8, 4) is 17.1 Å². The monoisotopic (exact) mass is 434 g/mol. The lowest BCUT2D eigenvalue weighted by Gasteiger charge is -2.28. The van der Waals surface area contributed by atoms with Crippen LogP contribution in [0.4, 0.5) is 10.3 Å². The molecule has 2 aromatic heterocycles. The highest BCUT2D eigenvalue weighted by molar-refractivity contribution is 6.04. The van der Waals surface area contributed by atoms with E-state index in [2.05, 4.69) is 25.5 Å². The number of hydrogen-bond acceptors (Lipinski definition) is 7. The number of methoxy groups -OCH3 is 1. The fourth-order valence-corrected chi connectivity index (χ4v) is 4.05. The van der Waals surface area contributed by atoms with Crippen LogP contribution in [0.5, 0.6) is 5.88 Å². The molecule has 164 valence electrons. The SMILES string of the molecule is COc1cccc(-c2cc(F)ccc2C2CC(=NNC(=N)N)c3c(C)nc(N)nc3C2)n1. The Kier molecular flexibility index (Phi) is 5.67. The number of hydrazone groups is 1. The van der Waals surface area contributed by atoms with E-state index in [-0.39, 0.29) is 23.6 Å². The maximum Gasteiger partial charge on any atom is 0.220 e. The van der Waals surface area contributed by atoms with Gasteiger partial charge in [0.25, 0.3) is 0 Å². The van der Waals surface area contributed by atoms with E-state index in [9.17, 15) is 4.39 Å². The standard InChI is InChI=1S/C22H23FN8O/c1-11-20-17(29-22(26)27-11)8-12(9-18(20)30-31-21(24)25)14-7-6-13(23)10-15(14)16-4-3-5-19(28-16)32-2/h3-7,10,12H,8-9H2,1-2H3,(H4,24,25,31)(H2,26,27,29). The van der Waals surface area contributed by atoms with E-state index in [1.807, 2.05) is 19.1 Å². The molecular weight excluding hydrogens is 411 g/mol. The Bertz CT molecular complexity index is 1230. The number of guanidine groups is 1. The van der Waals surface area contributed by atoms with Crippen LogP contribution in [0.25, 0.3) is 11.3 Å². The predicted molar refractivity (Wildman–Crippen MR) is 120 cm³/mol. The molecule has 1 unspecified atom stereocenters. The molecule has 0 fully saturated rings. The van der Waals surface area contributed by atoms with Gasteiger partial charge in [0, 0.05) is 17.2 Å². The number of benzene rings is 1. The van der Waals surface area contributed by atoms with Gasteiger partial charge < -0.3 is 16.2 Å². The van der Waals surface area contributed by atoms with E-state index in [1.54, 1.807) is 12.1 Å². The Balaban J connectivity index is 1.84. The number of hydrogen-bond donors (Lipinski definition) is 4. The number of nitrogens with zero attached hydrogens (tertiary/aromatic N) is 4. The maximum atomic E-state index is 14.2. The second-order valence-electron chi connectivity index (χ2n) is 7.47. The first kappa shape index (κ1) is 21.2. The first-order valence-corrected chi connectivity index (χ1v) is 9.96. The Morgan fingerprint density at radius 3 is 2.78 bits per heavy atom. The number of ether oxygens (including phenoxy) is 1. The minimum atomic E-state index is -0.362. The average Bonchev–Trinajstić information content (AvgIpc) is 2.76. The quantitative estimate of drug-likeness (QED) is 0.280. The molecule has 1 aliphatic carbocycles. The summed E-state index contributed by atoms with van der Waals surface area (Å²) >= 11 is 0. The molecule has 0 radical (unpaired) electrons. The smallest absolute Gasteiger partial charge is 0.220 e. The van der Waals surface area contributed by atoms with Crippen LogP contribution in [0.15, 0.2) is 41.5 Å². The lowest BCUT2D eigenvalue weighted by atomic mass is 9.78. The van der Waals surface area contributed by atoms with Crippen molar-refractivity contribution < 1.29 is 9.13 Å². The Labute approximate surface area is 184 Å². The van der Waals surface area contributed by atoms with Crippen LogP contribution in [-0.2, 0) is 6.42 Å².